The first-order valence-corrected chi connectivity index (χ1v) is 6.28. The lowest BCUT2D eigenvalue weighted by atomic mass is 9.65. The molecule has 0 aromatic rings. The fourth-order valence-corrected chi connectivity index (χ4v) is 2.90. The number of nitrogens with two attached hydrogens (primary N) is 1. The number of carboxylic acids is 1. The number of carbonyl (C=O) groups is 1. The average molecular weight is 243 g/mol. The summed E-state index contributed by atoms with van der Waals surface area (Å²) in [5, 5.41) is 26.9. The van der Waals surface area contributed by atoms with Gasteiger partial charge >= 0.3 is 13.1 Å². The van der Waals surface area contributed by atoms with E-state index < -0.39 is 18.6 Å². The molecule has 1 rings (SSSR count). The largest absolute Gasteiger partial charge is 0.480 e. The smallest absolute Gasteiger partial charge is 0.451 e. The van der Waals surface area contributed by atoms with Crippen LogP contribution in [0.25, 0.3) is 0 Å². The van der Waals surface area contributed by atoms with Gasteiger partial charge in [0.05, 0.1) is 0 Å². The van der Waals surface area contributed by atoms with Crippen molar-refractivity contribution in [2.24, 2.45) is 17.6 Å². The van der Waals surface area contributed by atoms with E-state index in [1.165, 1.54) is 0 Å². The molecule has 0 bridgehead atoms. The Balaban J connectivity index is 2.63. The summed E-state index contributed by atoms with van der Waals surface area (Å²) in [4.78, 5) is 11.3. The van der Waals surface area contributed by atoms with Crippen molar-refractivity contribution in [3.8, 4) is 0 Å². The van der Waals surface area contributed by atoms with Gasteiger partial charge in [-0.25, -0.2) is 0 Å². The second-order valence-corrected chi connectivity index (χ2v) is 5.16. The van der Waals surface area contributed by atoms with E-state index in [9.17, 15) is 9.90 Å². The van der Waals surface area contributed by atoms with E-state index in [1.54, 1.807) is 0 Å². The minimum absolute atomic E-state index is 0.0234. The summed E-state index contributed by atoms with van der Waals surface area (Å²) in [6.45, 7) is 1.97. The molecule has 0 unspecified atom stereocenters. The second kappa shape index (κ2) is 5.84. The van der Waals surface area contributed by atoms with Gasteiger partial charge in [0.2, 0.25) is 0 Å². The first-order valence-electron chi connectivity index (χ1n) is 6.28. The van der Waals surface area contributed by atoms with E-state index in [4.69, 9.17) is 15.8 Å². The third-order valence-corrected chi connectivity index (χ3v) is 4.00. The van der Waals surface area contributed by atoms with Crippen LogP contribution in [0.3, 0.4) is 0 Å². The number of rotatable bonds is 5. The van der Waals surface area contributed by atoms with E-state index >= 15 is 0 Å². The van der Waals surface area contributed by atoms with Crippen molar-refractivity contribution < 1.29 is 19.9 Å². The normalized spacial score (nSPS) is 33.4. The predicted molar refractivity (Wildman–Crippen MR) is 65.3 cm³/mol. The summed E-state index contributed by atoms with van der Waals surface area (Å²) in [5.41, 5.74) is 4.89. The van der Waals surface area contributed by atoms with Gasteiger partial charge in [-0.3, -0.25) is 4.79 Å². The summed E-state index contributed by atoms with van der Waals surface area (Å²) < 4.78 is 0. The van der Waals surface area contributed by atoms with Gasteiger partial charge in [-0.15, -0.1) is 0 Å². The van der Waals surface area contributed by atoms with Gasteiger partial charge in [-0.2, -0.15) is 0 Å². The molecular formula is C11H22BNO4. The van der Waals surface area contributed by atoms with E-state index in [1.807, 2.05) is 6.92 Å². The first-order chi connectivity index (χ1) is 7.90. The molecule has 6 heteroatoms. The maximum Gasteiger partial charge on any atom is 0.451 e. The van der Waals surface area contributed by atoms with Crippen molar-refractivity contribution in [3.63, 3.8) is 0 Å². The van der Waals surface area contributed by atoms with E-state index in [0.29, 0.717) is 12.8 Å². The lowest BCUT2D eigenvalue weighted by Gasteiger charge is -2.41. The molecule has 1 fully saturated rings. The lowest BCUT2D eigenvalue weighted by molar-refractivity contribution is -0.148. The van der Waals surface area contributed by atoms with Gasteiger partial charge in [0, 0.05) is 0 Å². The van der Waals surface area contributed by atoms with Crippen LogP contribution in [0.4, 0.5) is 0 Å². The van der Waals surface area contributed by atoms with Crippen LogP contribution in [-0.2, 0) is 4.79 Å². The summed E-state index contributed by atoms with van der Waals surface area (Å²) in [6, 6.07) is 0. The minimum Gasteiger partial charge on any atom is -0.480 e. The summed E-state index contributed by atoms with van der Waals surface area (Å²) in [6.07, 6.45) is 3.87. The number of hydrogen-bond donors (Lipinski definition) is 4. The molecule has 0 saturated heterocycles. The van der Waals surface area contributed by atoms with Crippen LogP contribution in [0.1, 0.15) is 39.0 Å². The third-order valence-electron chi connectivity index (χ3n) is 4.00. The fourth-order valence-electron chi connectivity index (χ4n) is 2.90. The molecule has 1 aliphatic carbocycles. The lowest BCUT2D eigenvalue weighted by Crippen LogP contribution is -2.57. The molecule has 5 nitrogen and oxygen atoms in total. The Bertz CT molecular complexity index is 274. The fraction of sp³-hybridized carbons (Fsp3) is 0.909. The molecule has 98 valence electrons. The molecule has 0 radical (unpaired) electrons. The maximum absolute atomic E-state index is 11.3. The Kier molecular flexibility index (Phi) is 4.97. The van der Waals surface area contributed by atoms with Gasteiger partial charge in [-0.05, 0) is 31.0 Å². The summed E-state index contributed by atoms with van der Waals surface area (Å²) in [5.74, 6) is -0.727. The van der Waals surface area contributed by atoms with Gasteiger partial charge in [0.1, 0.15) is 5.54 Å². The highest BCUT2D eigenvalue weighted by molar-refractivity contribution is 6.40. The SMILES string of the molecule is CC[C@H]1CC[C@@H](CCB(O)O)C[C@]1(N)C(=O)O. The first kappa shape index (κ1) is 14.5. The van der Waals surface area contributed by atoms with Crippen LogP contribution in [0.5, 0.6) is 0 Å². The molecule has 0 heterocycles. The molecule has 3 atom stereocenters. The molecule has 0 aromatic carbocycles. The second-order valence-electron chi connectivity index (χ2n) is 5.16. The summed E-state index contributed by atoms with van der Waals surface area (Å²) >= 11 is 0. The maximum atomic E-state index is 11.3. The Morgan fingerprint density at radius 1 is 1.47 bits per heavy atom. The molecule has 5 N–H and O–H groups in total. The summed E-state index contributed by atoms with van der Waals surface area (Å²) in [7, 11) is -1.31. The molecule has 0 spiro atoms. The van der Waals surface area contributed by atoms with E-state index in [-0.39, 0.29) is 18.2 Å². The minimum atomic E-state index is -1.31. The van der Waals surface area contributed by atoms with Gasteiger partial charge in [0.25, 0.3) is 0 Å². The average Bonchev–Trinajstić information content (AvgIpc) is 2.26. The Labute approximate surface area is 102 Å². The number of carboxylic acid groups (broad SMARTS) is 1. The molecule has 0 amide bonds. The Morgan fingerprint density at radius 3 is 2.59 bits per heavy atom. The molecule has 1 saturated carbocycles. The zero-order valence-electron chi connectivity index (χ0n) is 10.3. The molecule has 0 aromatic heterocycles. The van der Waals surface area contributed by atoms with Gasteiger partial charge < -0.3 is 20.9 Å². The molecular weight excluding hydrogens is 221 g/mol. The molecule has 1 aliphatic rings. The highest BCUT2D eigenvalue weighted by Crippen LogP contribution is 2.39. The van der Waals surface area contributed by atoms with Crippen LogP contribution in [0.15, 0.2) is 0 Å². The van der Waals surface area contributed by atoms with Crippen molar-refractivity contribution in [2.45, 2.75) is 50.9 Å². The quantitative estimate of drug-likeness (QED) is 0.525. The monoisotopic (exact) mass is 243 g/mol. The third kappa shape index (κ3) is 3.44. The van der Waals surface area contributed by atoms with Crippen molar-refractivity contribution in [1.29, 1.82) is 0 Å². The molecule has 17 heavy (non-hydrogen) atoms. The van der Waals surface area contributed by atoms with Crippen molar-refractivity contribution in [3.05, 3.63) is 0 Å². The van der Waals surface area contributed by atoms with Crippen LogP contribution in [-0.4, -0.2) is 33.8 Å². The van der Waals surface area contributed by atoms with E-state index in [2.05, 4.69) is 0 Å². The zero-order valence-corrected chi connectivity index (χ0v) is 10.3. The highest BCUT2D eigenvalue weighted by Gasteiger charge is 2.45. The zero-order chi connectivity index (χ0) is 13.1. The van der Waals surface area contributed by atoms with E-state index in [0.717, 1.165) is 19.3 Å². The predicted octanol–water partition coefficient (Wildman–Crippen LogP) is 0.458. The van der Waals surface area contributed by atoms with Crippen molar-refractivity contribution in [2.75, 3.05) is 0 Å². The standard InChI is InChI=1S/C11H22BNO4/c1-2-9-4-3-8(5-6-12(16)17)7-11(9,13)10(14)15/h8-9,16-17H,2-7,13H2,1H3,(H,14,15)/t8-,9-,11+/m0/s1. The Hall–Kier alpha value is -0.585. The Morgan fingerprint density at radius 2 is 2.12 bits per heavy atom. The van der Waals surface area contributed by atoms with Crippen LogP contribution >= 0.6 is 0 Å². The van der Waals surface area contributed by atoms with Crippen molar-refractivity contribution >= 4 is 13.1 Å². The van der Waals surface area contributed by atoms with Crippen LogP contribution in [0.2, 0.25) is 6.32 Å². The topological polar surface area (TPSA) is 104 Å². The van der Waals surface area contributed by atoms with Crippen LogP contribution in [0, 0.1) is 11.8 Å². The van der Waals surface area contributed by atoms with Crippen molar-refractivity contribution in [1.82, 2.24) is 0 Å². The van der Waals surface area contributed by atoms with Gasteiger partial charge in [0.15, 0.2) is 0 Å². The highest BCUT2D eigenvalue weighted by atomic mass is 16.4. The molecule has 0 aliphatic heterocycles. The van der Waals surface area contributed by atoms with Gasteiger partial charge in [-0.1, -0.05) is 26.2 Å². The number of hydrogen-bond acceptors (Lipinski definition) is 4. The van der Waals surface area contributed by atoms with Crippen LogP contribution < -0.4 is 5.73 Å². The number of aliphatic carboxylic acids is 1.